The van der Waals surface area contributed by atoms with Gasteiger partial charge >= 0.3 is 5.97 Å². The van der Waals surface area contributed by atoms with E-state index in [0.717, 1.165) is 10.8 Å². The average Bonchev–Trinajstić information content (AvgIpc) is 2.49. The van der Waals surface area contributed by atoms with E-state index in [2.05, 4.69) is 5.32 Å². The Bertz CT molecular complexity index is 722. The SMILES string of the molecule is CC(C)(C)SCC(=O)NC(C(=O)O)c1ccc2ccccc2c1. The average molecular weight is 331 g/mol. The van der Waals surface area contributed by atoms with Crippen LogP contribution in [0.2, 0.25) is 0 Å². The Kier molecular flexibility index (Phi) is 5.31. The molecule has 2 aromatic rings. The lowest BCUT2D eigenvalue weighted by molar-refractivity contribution is -0.141. The minimum absolute atomic E-state index is 0.0426. The first kappa shape index (κ1) is 17.3. The minimum atomic E-state index is -1.06. The summed E-state index contributed by atoms with van der Waals surface area (Å²) in [6.45, 7) is 6.05. The van der Waals surface area contributed by atoms with Crippen LogP contribution in [0.4, 0.5) is 0 Å². The van der Waals surface area contributed by atoms with Gasteiger partial charge in [-0.15, -0.1) is 11.8 Å². The van der Waals surface area contributed by atoms with Crippen molar-refractivity contribution in [1.29, 1.82) is 0 Å². The van der Waals surface area contributed by atoms with E-state index in [4.69, 9.17) is 0 Å². The molecule has 0 bridgehead atoms. The Hall–Kier alpha value is -2.01. The molecule has 1 atom stereocenters. The van der Waals surface area contributed by atoms with Gasteiger partial charge < -0.3 is 10.4 Å². The van der Waals surface area contributed by atoms with Crippen molar-refractivity contribution in [2.45, 2.75) is 31.6 Å². The Morgan fingerprint density at radius 1 is 1.13 bits per heavy atom. The van der Waals surface area contributed by atoms with E-state index in [0.29, 0.717) is 5.56 Å². The highest BCUT2D eigenvalue weighted by Gasteiger charge is 2.23. The van der Waals surface area contributed by atoms with Crippen LogP contribution in [0.25, 0.3) is 10.8 Å². The number of hydrogen-bond donors (Lipinski definition) is 2. The number of carbonyl (C=O) groups excluding carboxylic acids is 1. The summed E-state index contributed by atoms with van der Waals surface area (Å²) in [5.41, 5.74) is 0.574. The predicted molar refractivity (Wildman–Crippen MR) is 94.7 cm³/mol. The van der Waals surface area contributed by atoms with Crippen LogP contribution in [0, 0.1) is 0 Å². The van der Waals surface area contributed by atoms with E-state index < -0.39 is 12.0 Å². The van der Waals surface area contributed by atoms with Gasteiger partial charge in [-0.05, 0) is 22.4 Å². The van der Waals surface area contributed by atoms with Crippen LogP contribution in [0.3, 0.4) is 0 Å². The number of benzene rings is 2. The molecule has 1 amide bonds. The summed E-state index contributed by atoms with van der Waals surface area (Å²) < 4.78 is -0.0426. The standard InChI is InChI=1S/C18H21NO3S/c1-18(2,3)23-11-15(20)19-16(17(21)22)14-9-8-12-6-4-5-7-13(12)10-14/h4-10,16H,11H2,1-3H3,(H,19,20)(H,21,22). The Morgan fingerprint density at radius 2 is 1.78 bits per heavy atom. The third kappa shape index (κ3) is 4.99. The van der Waals surface area contributed by atoms with Crippen molar-refractivity contribution in [3.05, 3.63) is 48.0 Å². The van der Waals surface area contributed by atoms with Crippen molar-refractivity contribution in [2.75, 3.05) is 5.75 Å². The second kappa shape index (κ2) is 7.04. The molecule has 2 aromatic carbocycles. The molecule has 0 aliphatic heterocycles. The van der Waals surface area contributed by atoms with Crippen molar-refractivity contribution in [3.63, 3.8) is 0 Å². The lowest BCUT2D eigenvalue weighted by Gasteiger charge is -2.19. The smallest absolute Gasteiger partial charge is 0.330 e. The summed E-state index contributed by atoms with van der Waals surface area (Å²) in [6, 6.07) is 12.1. The molecule has 0 heterocycles. The summed E-state index contributed by atoms with van der Waals surface area (Å²) in [4.78, 5) is 23.6. The van der Waals surface area contributed by atoms with Gasteiger partial charge in [0.1, 0.15) is 0 Å². The maximum Gasteiger partial charge on any atom is 0.330 e. The third-order valence-electron chi connectivity index (χ3n) is 3.30. The zero-order valence-electron chi connectivity index (χ0n) is 13.5. The zero-order valence-corrected chi connectivity index (χ0v) is 14.3. The number of amides is 1. The van der Waals surface area contributed by atoms with E-state index in [1.54, 1.807) is 6.07 Å². The topological polar surface area (TPSA) is 66.4 Å². The highest BCUT2D eigenvalue weighted by atomic mass is 32.2. The molecule has 0 saturated carbocycles. The number of carbonyl (C=O) groups is 2. The van der Waals surface area contributed by atoms with Gasteiger partial charge in [0.15, 0.2) is 6.04 Å². The Labute approximate surface area is 140 Å². The first-order valence-corrected chi connectivity index (χ1v) is 8.40. The van der Waals surface area contributed by atoms with Gasteiger partial charge in [0.2, 0.25) is 5.91 Å². The lowest BCUT2D eigenvalue weighted by atomic mass is 10.0. The number of fused-ring (bicyclic) bond motifs is 1. The van der Waals surface area contributed by atoms with Gasteiger partial charge in [-0.1, -0.05) is 57.2 Å². The first-order chi connectivity index (χ1) is 10.8. The molecule has 0 radical (unpaired) electrons. The normalized spacial score (nSPS) is 12.8. The molecule has 1 unspecified atom stereocenters. The number of nitrogens with one attached hydrogen (secondary N) is 1. The lowest BCUT2D eigenvalue weighted by Crippen LogP contribution is -2.35. The molecular weight excluding hydrogens is 310 g/mol. The predicted octanol–water partition coefficient (Wildman–Crippen LogP) is 3.61. The molecule has 4 nitrogen and oxygen atoms in total. The Morgan fingerprint density at radius 3 is 2.39 bits per heavy atom. The molecule has 0 fully saturated rings. The molecule has 0 spiro atoms. The van der Waals surface area contributed by atoms with Crippen LogP contribution in [-0.4, -0.2) is 27.5 Å². The summed E-state index contributed by atoms with van der Waals surface area (Å²) in [5.74, 6) is -1.10. The van der Waals surface area contributed by atoms with Gasteiger partial charge in [-0.3, -0.25) is 4.79 Å². The fraction of sp³-hybridized carbons (Fsp3) is 0.333. The molecule has 5 heteroatoms. The highest BCUT2D eigenvalue weighted by molar-refractivity contribution is 8.01. The number of thioether (sulfide) groups is 1. The van der Waals surface area contributed by atoms with E-state index in [9.17, 15) is 14.7 Å². The zero-order chi connectivity index (χ0) is 17.0. The molecule has 0 saturated heterocycles. The van der Waals surface area contributed by atoms with Crippen LogP contribution >= 0.6 is 11.8 Å². The molecule has 122 valence electrons. The van der Waals surface area contributed by atoms with Gasteiger partial charge in [0.05, 0.1) is 5.75 Å². The maximum absolute atomic E-state index is 12.0. The van der Waals surface area contributed by atoms with Gasteiger partial charge in [-0.25, -0.2) is 4.79 Å². The van der Waals surface area contributed by atoms with E-state index in [1.807, 2.05) is 57.2 Å². The van der Waals surface area contributed by atoms with Gasteiger partial charge in [-0.2, -0.15) is 0 Å². The number of carboxylic acids is 1. The maximum atomic E-state index is 12.0. The number of hydrogen-bond acceptors (Lipinski definition) is 3. The number of carboxylic acid groups (broad SMARTS) is 1. The van der Waals surface area contributed by atoms with Crippen molar-refractivity contribution in [2.24, 2.45) is 0 Å². The van der Waals surface area contributed by atoms with Crippen molar-refractivity contribution < 1.29 is 14.7 Å². The number of aliphatic carboxylic acids is 1. The van der Waals surface area contributed by atoms with Crippen LogP contribution in [-0.2, 0) is 9.59 Å². The quantitative estimate of drug-likeness (QED) is 0.878. The van der Waals surface area contributed by atoms with Gasteiger partial charge in [0.25, 0.3) is 0 Å². The van der Waals surface area contributed by atoms with E-state index in [1.165, 1.54) is 11.8 Å². The van der Waals surface area contributed by atoms with Crippen molar-refractivity contribution in [3.8, 4) is 0 Å². The van der Waals surface area contributed by atoms with Crippen LogP contribution in [0.15, 0.2) is 42.5 Å². The summed E-state index contributed by atoms with van der Waals surface area (Å²) in [7, 11) is 0. The largest absolute Gasteiger partial charge is 0.479 e. The molecule has 2 rings (SSSR count). The van der Waals surface area contributed by atoms with E-state index in [-0.39, 0.29) is 16.4 Å². The molecule has 0 aliphatic carbocycles. The monoisotopic (exact) mass is 331 g/mol. The van der Waals surface area contributed by atoms with Crippen LogP contribution in [0.1, 0.15) is 32.4 Å². The second-order valence-corrected chi connectivity index (χ2v) is 8.15. The molecule has 0 aromatic heterocycles. The summed E-state index contributed by atoms with van der Waals surface area (Å²) >= 11 is 1.49. The fourth-order valence-electron chi connectivity index (χ4n) is 2.16. The highest BCUT2D eigenvalue weighted by Crippen LogP contribution is 2.24. The van der Waals surface area contributed by atoms with Crippen molar-refractivity contribution >= 4 is 34.4 Å². The molecule has 0 aliphatic rings. The van der Waals surface area contributed by atoms with E-state index >= 15 is 0 Å². The molecular formula is C18H21NO3S. The molecule has 2 N–H and O–H groups in total. The first-order valence-electron chi connectivity index (χ1n) is 7.41. The summed E-state index contributed by atoms with van der Waals surface area (Å²) in [5, 5.41) is 14.1. The third-order valence-corrected chi connectivity index (χ3v) is 4.57. The van der Waals surface area contributed by atoms with Gasteiger partial charge in [0, 0.05) is 4.75 Å². The second-order valence-electron chi connectivity index (χ2n) is 6.35. The fourth-order valence-corrected chi connectivity index (χ4v) is 2.81. The van der Waals surface area contributed by atoms with Crippen LogP contribution < -0.4 is 5.32 Å². The molecule has 23 heavy (non-hydrogen) atoms. The minimum Gasteiger partial charge on any atom is -0.479 e. The number of rotatable bonds is 5. The van der Waals surface area contributed by atoms with Crippen LogP contribution in [0.5, 0.6) is 0 Å². The Balaban J connectivity index is 2.17. The van der Waals surface area contributed by atoms with Crippen molar-refractivity contribution in [1.82, 2.24) is 5.32 Å². The summed E-state index contributed by atoms with van der Waals surface area (Å²) in [6.07, 6.45) is 0.